The summed E-state index contributed by atoms with van der Waals surface area (Å²) in [6, 6.07) is 6.10. The van der Waals surface area contributed by atoms with E-state index >= 15 is 0 Å². The molecule has 0 spiro atoms. The summed E-state index contributed by atoms with van der Waals surface area (Å²) in [5.41, 5.74) is 6.82. The molecule has 0 heterocycles. The Bertz CT molecular complexity index is 291. The lowest BCUT2D eigenvalue weighted by Gasteiger charge is -2.19. The van der Waals surface area contributed by atoms with Crippen LogP contribution >= 0.6 is 15.9 Å². The highest BCUT2D eigenvalue weighted by Gasteiger charge is 2.18. The van der Waals surface area contributed by atoms with Crippen LogP contribution in [0.25, 0.3) is 0 Å². The van der Waals surface area contributed by atoms with Crippen molar-refractivity contribution in [2.75, 3.05) is 5.73 Å². The first-order chi connectivity index (χ1) is 5.41. The summed E-state index contributed by atoms with van der Waals surface area (Å²) in [5.74, 6) is 0. The van der Waals surface area contributed by atoms with Gasteiger partial charge in [0.25, 0.3) is 0 Å². The van der Waals surface area contributed by atoms with Crippen LogP contribution < -0.4 is 10.9 Å². The predicted molar refractivity (Wildman–Crippen MR) is 61.5 cm³/mol. The summed E-state index contributed by atoms with van der Waals surface area (Å²) < 4.78 is 1.12. The second-order valence-corrected chi connectivity index (χ2v) is 9.94. The highest BCUT2D eigenvalue weighted by Crippen LogP contribution is 2.14. The second-order valence-electron chi connectivity index (χ2n) is 3.98. The number of benzene rings is 1. The Morgan fingerprint density at radius 1 is 1.25 bits per heavy atom. The molecule has 0 fully saturated rings. The van der Waals surface area contributed by atoms with Gasteiger partial charge in [-0.1, -0.05) is 35.6 Å². The highest BCUT2D eigenvalue weighted by molar-refractivity contribution is 9.10. The van der Waals surface area contributed by atoms with Gasteiger partial charge in [-0.05, 0) is 23.4 Å². The van der Waals surface area contributed by atoms with E-state index in [1.54, 1.807) is 0 Å². The minimum Gasteiger partial charge on any atom is -0.399 e. The normalized spacial score (nSPS) is 11.7. The molecule has 0 aromatic heterocycles. The molecule has 0 unspecified atom stereocenters. The fraction of sp³-hybridized carbons (Fsp3) is 0.333. The van der Waals surface area contributed by atoms with E-state index in [2.05, 4.69) is 41.6 Å². The fourth-order valence-corrected chi connectivity index (χ4v) is 3.29. The van der Waals surface area contributed by atoms with Crippen molar-refractivity contribution in [1.82, 2.24) is 0 Å². The molecule has 0 saturated heterocycles. The minimum atomic E-state index is -1.26. The number of hydrogen-bond acceptors (Lipinski definition) is 1. The molecule has 3 heteroatoms. The molecular weight excluding hydrogens is 230 g/mol. The van der Waals surface area contributed by atoms with Gasteiger partial charge < -0.3 is 5.73 Å². The van der Waals surface area contributed by atoms with Crippen LogP contribution in [0.5, 0.6) is 0 Å². The number of nitrogens with two attached hydrogens (primary N) is 1. The molecule has 0 amide bonds. The van der Waals surface area contributed by atoms with E-state index in [0.29, 0.717) is 0 Å². The third-order valence-corrected chi connectivity index (χ3v) is 4.37. The summed E-state index contributed by atoms with van der Waals surface area (Å²) >= 11 is 3.46. The Labute approximate surface area is 83.1 Å². The smallest absolute Gasteiger partial charge is 0.0803 e. The number of anilines is 1. The molecule has 0 aliphatic heterocycles. The van der Waals surface area contributed by atoms with Gasteiger partial charge in [0.2, 0.25) is 0 Å². The van der Waals surface area contributed by atoms with Crippen molar-refractivity contribution in [2.45, 2.75) is 19.6 Å². The van der Waals surface area contributed by atoms with Crippen LogP contribution in [0, 0.1) is 0 Å². The van der Waals surface area contributed by atoms with Gasteiger partial charge in [0.15, 0.2) is 0 Å². The molecule has 0 radical (unpaired) electrons. The molecule has 0 atom stereocenters. The van der Waals surface area contributed by atoms with Gasteiger partial charge in [-0.3, -0.25) is 0 Å². The van der Waals surface area contributed by atoms with E-state index < -0.39 is 8.07 Å². The highest BCUT2D eigenvalue weighted by atomic mass is 79.9. The van der Waals surface area contributed by atoms with E-state index in [1.165, 1.54) is 5.19 Å². The molecule has 0 bridgehead atoms. The maximum Gasteiger partial charge on any atom is 0.0803 e. The number of halogens is 1. The fourth-order valence-electron chi connectivity index (χ4n) is 1.18. The van der Waals surface area contributed by atoms with E-state index in [1.807, 2.05) is 12.1 Å². The summed E-state index contributed by atoms with van der Waals surface area (Å²) in [6.45, 7) is 6.89. The van der Waals surface area contributed by atoms with Crippen LogP contribution in [0.15, 0.2) is 22.7 Å². The third kappa shape index (κ3) is 2.11. The first kappa shape index (κ1) is 9.80. The van der Waals surface area contributed by atoms with Crippen molar-refractivity contribution in [3.63, 3.8) is 0 Å². The van der Waals surface area contributed by atoms with E-state index in [0.717, 1.165) is 10.2 Å². The van der Waals surface area contributed by atoms with Crippen molar-refractivity contribution in [3.05, 3.63) is 22.7 Å². The lowest BCUT2D eigenvalue weighted by Crippen LogP contribution is -2.39. The van der Waals surface area contributed by atoms with Crippen molar-refractivity contribution in [3.8, 4) is 0 Å². The van der Waals surface area contributed by atoms with Gasteiger partial charge in [-0.15, -0.1) is 0 Å². The van der Waals surface area contributed by atoms with Crippen LogP contribution in [-0.4, -0.2) is 8.07 Å². The topological polar surface area (TPSA) is 26.0 Å². The predicted octanol–water partition coefficient (Wildman–Crippen LogP) is 2.58. The van der Waals surface area contributed by atoms with E-state index in [9.17, 15) is 0 Å². The Morgan fingerprint density at radius 2 is 1.83 bits per heavy atom. The van der Waals surface area contributed by atoms with Gasteiger partial charge >= 0.3 is 0 Å². The molecule has 66 valence electrons. The molecule has 0 aliphatic rings. The summed E-state index contributed by atoms with van der Waals surface area (Å²) in [7, 11) is -1.26. The zero-order chi connectivity index (χ0) is 9.35. The molecule has 0 aliphatic carbocycles. The van der Waals surface area contributed by atoms with Crippen molar-refractivity contribution >= 4 is 34.9 Å². The van der Waals surface area contributed by atoms with E-state index in [4.69, 9.17) is 5.73 Å². The zero-order valence-electron chi connectivity index (χ0n) is 7.69. The summed E-state index contributed by atoms with van der Waals surface area (Å²) in [6.07, 6.45) is 0. The molecule has 1 aromatic rings. The molecule has 2 N–H and O–H groups in total. The monoisotopic (exact) mass is 243 g/mol. The summed E-state index contributed by atoms with van der Waals surface area (Å²) in [5, 5.41) is 1.33. The standard InChI is InChI=1S/C9H14BrNSi/c1-12(2,3)9-6-7(10)4-5-8(9)11/h4-6H,11H2,1-3H3. The first-order valence-electron chi connectivity index (χ1n) is 3.97. The average Bonchev–Trinajstić information content (AvgIpc) is 1.92. The van der Waals surface area contributed by atoms with Crippen LogP contribution in [0.2, 0.25) is 19.6 Å². The van der Waals surface area contributed by atoms with Gasteiger partial charge in [0.1, 0.15) is 0 Å². The molecule has 1 rings (SSSR count). The van der Waals surface area contributed by atoms with Crippen molar-refractivity contribution in [1.29, 1.82) is 0 Å². The quantitative estimate of drug-likeness (QED) is 0.596. The maximum absolute atomic E-state index is 5.89. The minimum absolute atomic E-state index is 0.928. The van der Waals surface area contributed by atoms with Crippen molar-refractivity contribution < 1.29 is 0 Å². The first-order valence-corrected chi connectivity index (χ1v) is 8.26. The van der Waals surface area contributed by atoms with Gasteiger partial charge in [0, 0.05) is 10.2 Å². The number of rotatable bonds is 1. The molecule has 1 aromatic carbocycles. The molecule has 0 saturated carbocycles. The van der Waals surface area contributed by atoms with Crippen LogP contribution in [0.1, 0.15) is 0 Å². The third-order valence-electron chi connectivity index (χ3n) is 1.82. The Morgan fingerprint density at radius 3 is 2.25 bits per heavy atom. The Hall–Kier alpha value is -0.283. The molecular formula is C9H14BrNSi. The van der Waals surface area contributed by atoms with Gasteiger partial charge in [0.05, 0.1) is 8.07 Å². The van der Waals surface area contributed by atoms with E-state index in [-0.39, 0.29) is 0 Å². The Kier molecular flexibility index (Phi) is 2.63. The number of hydrogen-bond donors (Lipinski definition) is 1. The summed E-state index contributed by atoms with van der Waals surface area (Å²) in [4.78, 5) is 0. The van der Waals surface area contributed by atoms with Crippen LogP contribution in [0.4, 0.5) is 5.69 Å². The Balaban J connectivity index is 3.23. The van der Waals surface area contributed by atoms with Crippen molar-refractivity contribution in [2.24, 2.45) is 0 Å². The largest absolute Gasteiger partial charge is 0.399 e. The second kappa shape index (κ2) is 3.22. The van der Waals surface area contributed by atoms with Gasteiger partial charge in [-0.2, -0.15) is 0 Å². The molecule has 12 heavy (non-hydrogen) atoms. The molecule has 1 nitrogen and oxygen atoms in total. The number of nitrogen functional groups attached to an aromatic ring is 1. The van der Waals surface area contributed by atoms with Crippen LogP contribution in [0.3, 0.4) is 0 Å². The lowest BCUT2D eigenvalue weighted by molar-refractivity contribution is 1.63. The van der Waals surface area contributed by atoms with Gasteiger partial charge in [-0.25, -0.2) is 0 Å². The zero-order valence-corrected chi connectivity index (χ0v) is 10.3. The maximum atomic E-state index is 5.89. The lowest BCUT2D eigenvalue weighted by atomic mass is 10.3. The average molecular weight is 244 g/mol. The van der Waals surface area contributed by atoms with Crippen LogP contribution in [-0.2, 0) is 0 Å². The SMILES string of the molecule is C[Si](C)(C)c1cc(Br)ccc1N.